The van der Waals surface area contributed by atoms with Crippen LogP contribution in [0.25, 0.3) is 0 Å². The highest BCUT2D eigenvalue weighted by Gasteiger charge is 2.12. The number of rotatable bonds is 4. The number of nitrogens with zero attached hydrogens (tertiary/aromatic N) is 1. The van der Waals surface area contributed by atoms with Gasteiger partial charge in [-0.05, 0) is 34.5 Å². The van der Waals surface area contributed by atoms with Gasteiger partial charge in [-0.25, -0.2) is 4.98 Å². The Balaban J connectivity index is 1.98. The summed E-state index contributed by atoms with van der Waals surface area (Å²) in [5, 5.41) is 16.4. The number of hydrogen-bond donors (Lipinski definition) is 2. The molecule has 4 nitrogen and oxygen atoms in total. The summed E-state index contributed by atoms with van der Waals surface area (Å²) in [5.74, 6) is -0.361. The van der Waals surface area contributed by atoms with E-state index in [-0.39, 0.29) is 22.8 Å². The molecule has 0 aliphatic heterocycles. The number of thiophene rings is 1. The van der Waals surface area contributed by atoms with Gasteiger partial charge in [-0.2, -0.15) is 11.3 Å². The van der Waals surface area contributed by atoms with Gasteiger partial charge in [0.25, 0.3) is 5.91 Å². The molecule has 0 bridgehead atoms. The van der Waals surface area contributed by atoms with E-state index in [4.69, 9.17) is 23.2 Å². The van der Waals surface area contributed by atoms with Gasteiger partial charge in [0.1, 0.15) is 10.3 Å². The fraction of sp³-hybridized carbons (Fsp3) is 0.167. The SMILES string of the molecule is O=C(NCC(O)c1ccsc1)c1cc(Cl)nc(Cl)c1. The molecular weight excluding hydrogens is 307 g/mol. The molecule has 2 N–H and O–H groups in total. The van der Waals surface area contributed by atoms with Crippen molar-refractivity contribution in [2.75, 3.05) is 6.54 Å². The zero-order valence-electron chi connectivity index (χ0n) is 9.64. The smallest absolute Gasteiger partial charge is 0.251 e. The van der Waals surface area contributed by atoms with E-state index in [1.54, 1.807) is 0 Å². The van der Waals surface area contributed by atoms with Crippen LogP contribution in [0.3, 0.4) is 0 Å². The molecule has 0 aliphatic carbocycles. The second kappa shape index (κ2) is 6.34. The fourth-order valence-electron chi connectivity index (χ4n) is 1.47. The predicted molar refractivity (Wildman–Crippen MR) is 75.9 cm³/mol. The van der Waals surface area contributed by atoms with Crippen LogP contribution in [-0.4, -0.2) is 22.5 Å². The van der Waals surface area contributed by atoms with Crippen LogP contribution in [0.2, 0.25) is 10.3 Å². The van der Waals surface area contributed by atoms with E-state index in [2.05, 4.69) is 10.3 Å². The molecule has 0 spiro atoms. The molecule has 0 radical (unpaired) electrons. The Labute approximate surface area is 124 Å². The van der Waals surface area contributed by atoms with Gasteiger partial charge in [0, 0.05) is 12.1 Å². The number of hydrogen-bond acceptors (Lipinski definition) is 4. The summed E-state index contributed by atoms with van der Waals surface area (Å²) in [4.78, 5) is 15.6. The van der Waals surface area contributed by atoms with Crippen molar-refractivity contribution in [1.82, 2.24) is 10.3 Å². The largest absolute Gasteiger partial charge is 0.387 e. The number of pyridine rings is 1. The summed E-state index contributed by atoms with van der Waals surface area (Å²) in [6, 6.07) is 4.64. The summed E-state index contributed by atoms with van der Waals surface area (Å²) in [7, 11) is 0. The summed E-state index contributed by atoms with van der Waals surface area (Å²) in [5.41, 5.74) is 1.08. The molecule has 1 unspecified atom stereocenters. The average molecular weight is 317 g/mol. The van der Waals surface area contributed by atoms with E-state index in [0.717, 1.165) is 5.56 Å². The highest BCUT2D eigenvalue weighted by Crippen LogP contribution is 2.17. The molecule has 0 saturated heterocycles. The van der Waals surface area contributed by atoms with Gasteiger partial charge in [0.05, 0.1) is 6.10 Å². The third-order valence-electron chi connectivity index (χ3n) is 2.41. The minimum Gasteiger partial charge on any atom is -0.387 e. The lowest BCUT2D eigenvalue weighted by atomic mass is 10.2. The number of carbonyl (C=O) groups is 1. The molecule has 2 rings (SSSR count). The van der Waals surface area contributed by atoms with Crippen LogP contribution in [0, 0.1) is 0 Å². The lowest BCUT2D eigenvalue weighted by Gasteiger charge is -2.10. The topological polar surface area (TPSA) is 62.2 Å². The van der Waals surface area contributed by atoms with E-state index in [0.29, 0.717) is 5.56 Å². The summed E-state index contributed by atoms with van der Waals surface area (Å²) in [6.07, 6.45) is -0.733. The minimum absolute atomic E-state index is 0.118. The first-order valence-corrected chi connectivity index (χ1v) is 7.07. The maximum absolute atomic E-state index is 11.9. The summed E-state index contributed by atoms with van der Waals surface area (Å²) in [6.45, 7) is 0.118. The molecule has 0 fully saturated rings. The Kier molecular flexibility index (Phi) is 4.76. The molecule has 100 valence electrons. The van der Waals surface area contributed by atoms with E-state index in [1.807, 2.05) is 16.8 Å². The highest BCUT2D eigenvalue weighted by molar-refractivity contribution is 7.07. The first-order chi connectivity index (χ1) is 9.06. The minimum atomic E-state index is -0.733. The maximum Gasteiger partial charge on any atom is 0.251 e. The molecule has 2 aromatic heterocycles. The van der Waals surface area contributed by atoms with E-state index < -0.39 is 6.10 Å². The van der Waals surface area contributed by atoms with Crippen molar-refractivity contribution >= 4 is 40.4 Å². The number of aromatic nitrogens is 1. The molecule has 19 heavy (non-hydrogen) atoms. The Bertz CT molecular complexity index is 555. The molecule has 1 atom stereocenters. The van der Waals surface area contributed by atoms with Gasteiger partial charge in [0.2, 0.25) is 0 Å². The molecule has 2 heterocycles. The van der Waals surface area contributed by atoms with Crippen molar-refractivity contribution in [2.45, 2.75) is 6.10 Å². The Morgan fingerprint density at radius 3 is 2.68 bits per heavy atom. The van der Waals surface area contributed by atoms with Crippen molar-refractivity contribution in [3.63, 3.8) is 0 Å². The molecule has 2 aromatic rings. The number of aliphatic hydroxyl groups excluding tert-OH is 1. The third kappa shape index (κ3) is 3.91. The molecule has 0 saturated carbocycles. The van der Waals surface area contributed by atoms with Gasteiger partial charge in [0.15, 0.2) is 0 Å². The Morgan fingerprint density at radius 2 is 2.11 bits per heavy atom. The quantitative estimate of drug-likeness (QED) is 0.852. The number of amides is 1. The van der Waals surface area contributed by atoms with Gasteiger partial charge < -0.3 is 10.4 Å². The summed E-state index contributed by atoms with van der Waals surface area (Å²) >= 11 is 12.9. The third-order valence-corrected chi connectivity index (χ3v) is 3.50. The van der Waals surface area contributed by atoms with Crippen LogP contribution < -0.4 is 5.32 Å². The van der Waals surface area contributed by atoms with Crippen molar-refractivity contribution in [2.24, 2.45) is 0 Å². The summed E-state index contributed by atoms with van der Waals surface area (Å²) < 4.78 is 0. The van der Waals surface area contributed by atoms with Crippen molar-refractivity contribution < 1.29 is 9.90 Å². The van der Waals surface area contributed by atoms with E-state index in [9.17, 15) is 9.90 Å². The van der Waals surface area contributed by atoms with Crippen LogP contribution in [0.4, 0.5) is 0 Å². The van der Waals surface area contributed by atoms with Crippen LogP contribution in [0.15, 0.2) is 29.0 Å². The van der Waals surface area contributed by atoms with E-state index in [1.165, 1.54) is 23.5 Å². The van der Waals surface area contributed by atoms with E-state index >= 15 is 0 Å². The van der Waals surface area contributed by atoms with Gasteiger partial charge in [-0.3, -0.25) is 4.79 Å². The van der Waals surface area contributed by atoms with Gasteiger partial charge >= 0.3 is 0 Å². The number of nitrogens with one attached hydrogen (secondary N) is 1. The van der Waals surface area contributed by atoms with Crippen LogP contribution in [0.1, 0.15) is 22.0 Å². The second-order valence-corrected chi connectivity index (χ2v) is 5.34. The Morgan fingerprint density at radius 1 is 1.42 bits per heavy atom. The van der Waals surface area contributed by atoms with Crippen LogP contribution in [-0.2, 0) is 0 Å². The normalized spacial score (nSPS) is 12.2. The molecule has 1 amide bonds. The van der Waals surface area contributed by atoms with Crippen molar-refractivity contribution in [3.8, 4) is 0 Å². The lowest BCUT2D eigenvalue weighted by molar-refractivity contribution is 0.0916. The van der Waals surface area contributed by atoms with Crippen molar-refractivity contribution in [1.29, 1.82) is 0 Å². The number of aliphatic hydroxyl groups is 1. The zero-order valence-corrected chi connectivity index (χ0v) is 12.0. The number of halogens is 2. The molecule has 0 aromatic carbocycles. The van der Waals surface area contributed by atoms with Gasteiger partial charge in [-0.15, -0.1) is 0 Å². The first kappa shape index (κ1) is 14.3. The standard InChI is InChI=1S/C12H10Cl2N2O2S/c13-10-3-8(4-11(14)16-10)12(18)15-5-9(17)7-1-2-19-6-7/h1-4,6,9,17H,5H2,(H,15,18). The highest BCUT2D eigenvalue weighted by atomic mass is 35.5. The predicted octanol–water partition coefficient (Wildman–Crippen LogP) is 2.91. The number of carbonyl (C=O) groups excluding carboxylic acids is 1. The lowest BCUT2D eigenvalue weighted by Crippen LogP contribution is -2.28. The first-order valence-electron chi connectivity index (χ1n) is 5.37. The average Bonchev–Trinajstić information content (AvgIpc) is 2.88. The monoisotopic (exact) mass is 316 g/mol. The Hall–Kier alpha value is -1.14. The maximum atomic E-state index is 11.9. The van der Waals surface area contributed by atoms with Crippen LogP contribution >= 0.6 is 34.5 Å². The molecule has 7 heteroatoms. The van der Waals surface area contributed by atoms with Gasteiger partial charge in [-0.1, -0.05) is 23.2 Å². The van der Waals surface area contributed by atoms with Crippen LogP contribution in [0.5, 0.6) is 0 Å². The molecule has 0 aliphatic rings. The fourth-order valence-corrected chi connectivity index (χ4v) is 2.64. The zero-order chi connectivity index (χ0) is 13.8. The second-order valence-electron chi connectivity index (χ2n) is 3.78. The molecular formula is C12H10Cl2N2O2S. The van der Waals surface area contributed by atoms with Crippen molar-refractivity contribution in [3.05, 3.63) is 50.4 Å².